The van der Waals surface area contributed by atoms with Gasteiger partial charge in [-0.1, -0.05) is 59.6 Å². The highest BCUT2D eigenvalue weighted by atomic mass is 35.5. The van der Waals surface area contributed by atoms with E-state index in [1.807, 2.05) is 6.07 Å². The van der Waals surface area contributed by atoms with Crippen LogP contribution in [-0.4, -0.2) is 21.8 Å². The van der Waals surface area contributed by atoms with Crippen LogP contribution >= 0.6 is 23.2 Å². The zero-order valence-electron chi connectivity index (χ0n) is 18.7. The monoisotopic (exact) mass is 521 g/mol. The van der Waals surface area contributed by atoms with Crippen molar-refractivity contribution in [2.45, 2.75) is 25.8 Å². The van der Waals surface area contributed by atoms with Gasteiger partial charge < -0.3 is 14.4 Å². The molecule has 0 spiro atoms. The molecule has 4 nitrogen and oxygen atoms in total. The SMILES string of the molecule is Cc1cc(OC(F)(F)F)cc2c1cc(Cc1c(Cl)ccc(C(O)C(=O)c3ccccc3)c1Cl)n2C. The summed E-state index contributed by atoms with van der Waals surface area (Å²) in [7, 11) is 1.72. The van der Waals surface area contributed by atoms with Gasteiger partial charge in [0, 0.05) is 46.8 Å². The normalized spacial score (nSPS) is 12.7. The Morgan fingerprint density at radius 1 is 1.09 bits per heavy atom. The molecule has 182 valence electrons. The first-order valence-electron chi connectivity index (χ1n) is 10.5. The molecule has 3 aromatic carbocycles. The van der Waals surface area contributed by atoms with Crippen LogP contribution in [0.1, 0.15) is 38.8 Å². The number of fused-ring (bicyclic) bond motifs is 1. The summed E-state index contributed by atoms with van der Waals surface area (Å²) in [5, 5.41) is 12.0. The average molecular weight is 522 g/mol. The molecule has 1 N–H and O–H groups in total. The molecule has 9 heteroatoms. The number of ketones is 1. The highest BCUT2D eigenvalue weighted by molar-refractivity contribution is 6.36. The van der Waals surface area contributed by atoms with E-state index in [0.717, 1.165) is 11.1 Å². The highest BCUT2D eigenvalue weighted by Crippen LogP contribution is 2.36. The summed E-state index contributed by atoms with van der Waals surface area (Å²) in [4.78, 5) is 12.8. The number of aliphatic hydroxyl groups excluding tert-OH is 1. The fourth-order valence-corrected chi connectivity index (χ4v) is 4.67. The molecule has 0 saturated heterocycles. The Kier molecular flexibility index (Phi) is 6.86. The van der Waals surface area contributed by atoms with Crippen molar-refractivity contribution >= 4 is 39.9 Å². The second-order valence-electron chi connectivity index (χ2n) is 8.15. The lowest BCUT2D eigenvalue weighted by molar-refractivity contribution is -0.274. The van der Waals surface area contributed by atoms with Crippen molar-refractivity contribution in [2.24, 2.45) is 7.05 Å². The van der Waals surface area contributed by atoms with Crippen molar-refractivity contribution < 1.29 is 27.8 Å². The lowest BCUT2D eigenvalue weighted by Gasteiger charge is -2.16. The summed E-state index contributed by atoms with van der Waals surface area (Å²) < 4.78 is 44.0. The quantitative estimate of drug-likeness (QED) is 0.273. The van der Waals surface area contributed by atoms with Crippen molar-refractivity contribution in [3.63, 3.8) is 0 Å². The first-order chi connectivity index (χ1) is 16.5. The van der Waals surface area contributed by atoms with Crippen molar-refractivity contribution in [2.75, 3.05) is 0 Å². The van der Waals surface area contributed by atoms with Gasteiger partial charge in [0.25, 0.3) is 0 Å². The van der Waals surface area contributed by atoms with Gasteiger partial charge in [-0.3, -0.25) is 4.79 Å². The molecule has 1 aromatic heterocycles. The predicted molar refractivity (Wildman–Crippen MR) is 129 cm³/mol. The van der Waals surface area contributed by atoms with Crippen LogP contribution < -0.4 is 4.74 Å². The number of aromatic nitrogens is 1. The van der Waals surface area contributed by atoms with Crippen LogP contribution in [0.25, 0.3) is 10.9 Å². The fraction of sp³-hybridized carbons (Fsp3) is 0.192. The molecule has 0 radical (unpaired) electrons. The summed E-state index contributed by atoms with van der Waals surface area (Å²) in [6.45, 7) is 1.70. The molecule has 0 aliphatic rings. The number of alkyl halides is 3. The lowest BCUT2D eigenvalue weighted by Crippen LogP contribution is -2.17. The fourth-order valence-electron chi connectivity index (χ4n) is 4.06. The van der Waals surface area contributed by atoms with Gasteiger partial charge in [-0.25, -0.2) is 0 Å². The third kappa shape index (κ3) is 5.17. The van der Waals surface area contributed by atoms with Gasteiger partial charge in [-0.05, 0) is 36.2 Å². The maximum absolute atomic E-state index is 12.8. The molecule has 1 atom stereocenters. The lowest BCUT2D eigenvalue weighted by atomic mass is 9.97. The van der Waals surface area contributed by atoms with Crippen molar-refractivity contribution in [3.05, 3.63) is 98.7 Å². The van der Waals surface area contributed by atoms with E-state index in [1.165, 1.54) is 18.2 Å². The molecule has 0 saturated carbocycles. The van der Waals surface area contributed by atoms with Crippen molar-refractivity contribution in [1.82, 2.24) is 4.57 Å². The second kappa shape index (κ2) is 9.57. The van der Waals surface area contributed by atoms with Gasteiger partial charge in [-0.2, -0.15) is 0 Å². The van der Waals surface area contributed by atoms with E-state index in [1.54, 1.807) is 54.9 Å². The Labute approximate surface area is 209 Å². The summed E-state index contributed by atoms with van der Waals surface area (Å²) >= 11 is 13.0. The number of halogens is 5. The average Bonchev–Trinajstić information content (AvgIpc) is 3.11. The third-order valence-electron chi connectivity index (χ3n) is 5.85. The molecular weight excluding hydrogens is 502 g/mol. The van der Waals surface area contributed by atoms with Gasteiger partial charge in [0.15, 0.2) is 5.78 Å². The number of nitrogens with zero attached hydrogens (tertiary/aromatic N) is 1. The number of aryl methyl sites for hydroxylation is 2. The van der Waals surface area contributed by atoms with E-state index >= 15 is 0 Å². The molecule has 1 unspecified atom stereocenters. The predicted octanol–water partition coefficient (Wildman–Crippen LogP) is 7.20. The zero-order chi connectivity index (χ0) is 25.5. The van der Waals surface area contributed by atoms with E-state index < -0.39 is 18.2 Å². The van der Waals surface area contributed by atoms with Gasteiger partial charge in [-0.15, -0.1) is 13.2 Å². The minimum Gasteiger partial charge on any atom is -0.406 e. The Morgan fingerprint density at radius 3 is 2.43 bits per heavy atom. The van der Waals surface area contributed by atoms with E-state index in [9.17, 15) is 23.1 Å². The van der Waals surface area contributed by atoms with Gasteiger partial charge in [0.1, 0.15) is 11.9 Å². The number of benzene rings is 3. The molecule has 4 aromatic rings. The minimum atomic E-state index is -4.80. The summed E-state index contributed by atoms with van der Waals surface area (Å²) in [5.74, 6) is -0.811. The maximum atomic E-state index is 12.8. The van der Waals surface area contributed by atoms with Crippen molar-refractivity contribution in [1.29, 1.82) is 0 Å². The van der Waals surface area contributed by atoms with E-state index in [2.05, 4.69) is 4.74 Å². The Balaban J connectivity index is 1.71. The van der Waals surface area contributed by atoms with Gasteiger partial charge in [0.2, 0.25) is 0 Å². The number of carbonyl (C=O) groups is 1. The van der Waals surface area contributed by atoms with Crippen LogP contribution in [0, 0.1) is 6.92 Å². The van der Waals surface area contributed by atoms with Crippen LogP contribution in [0.15, 0.2) is 60.7 Å². The number of hydrogen-bond acceptors (Lipinski definition) is 3. The first kappa shape index (κ1) is 25.1. The molecule has 0 bridgehead atoms. The van der Waals surface area contributed by atoms with E-state index in [-0.39, 0.29) is 22.8 Å². The first-order valence-corrected chi connectivity index (χ1v) is 11.3. The van der Waals surface area contributed by atoms with Crippen LogP contribution in [0.5, 0.6) is 5.75 Å². The van der Waals surface area contributed by atoms with Gasteiger partial charge in [0.05, 0.1) is 10.5 Å². The van der Waals surface area contributed by atoms with E-state index in [4.69, 9.17) is 23.2 Å². The summed E-state index contributed by atoms with van der Waals surface area (Å²) in [6.07, 6.45) is -6.07. The highest BCUT2D eigenvalue weighted by Gasteiger charge is 2.31. The molecule has 1 heterocycles. The van der Waals surface area contributed by atoms with Crippen LogP contribution in [0.2, 0.25) is 10.0 Å². The standard InChI is InChI=1S/C26H20Cl2F3NO3/c1-14-10-17(35-26(29,30)31)13-22-19(14)11-16(32(22)2)12-20-21(27)9-8-18(23(20)28)25(34)24(33)15-6-4-3-5-7-15/h3-11,13,25,34H,12H2,1-2H3. The smallest absolute Gasteiger partial charge is 0.406 e. The Morgan fingerprint density at radius 2 is 1.77 bits per heavy atom. The van der Waals surface area contributed by atoms with Crippen molar-refractivity contribution in [3.8, 4) is 5.75 Å². The Hall–Kier alpha value is -3.00. The number of carbonyl (C=O) groups excluding carboxylic acids is 1. The number of ether oxygens (including phenoxy) is 1. The largest absolute Gasteiger partial charge is 0.573 e. The number of Topliss-reactive ketones (excluding diaryl/α,β-unsaturated/α-hetero) is 1. The van der Waals surface area contributed by atoms with Crippen LogP contribution in [0.3, 0.4) is 0 Å². The van der Waals surface area contributed by atoms with E-state index in [0.29, 0.717) is 27.2 Å². The molecule has 4 rings (SSSR count). The van der Waals surface area contributed by atoms with Gasteiger partial charge >= 0.3 is 6.36 Å². The minimum absolute atomic E-state index is 0.150. The Bertz CT molecular complexity index is 1420. The molecule has 0 aliphatic heterocycles. The number of aliphatic hydroxyl groups is 1. The van der Waals surface area contributed by atoms with Crippen LogP contribution in [0.4, 0.5) is 13.2 Å². The number of hydrogen-bond donors (Lipinski definition) is 1. The molecule has 0 aliphatic carbocycles. The molecule has 0 fully saturated rings. The van der Waals surface area contributed by atoms with Crippen LogP contribution in [-0.2, 0) is 13.5 Å². The second-order valence-corrected chi connectivity index (χ2v) is 8.94. The molecule has 35 heavy (non-hydrogen) atoms. The topological polar surface area (TPSA) is 51.5 Å². The summed E-state index contributed by atoms with van der Waals surface area (Å²) in [6, 6.07) is 15.9. The zero-order valence-corrected chi connectivity index (χ0v) is 20.2. The summed E-state index contributed by atoms with van der Waals surface area (Å²) in [5.41, 5.74) is 2.92. The number of rotatable bonds is 6. The maximum Gasteiger partial charge on any atom is 0.573 e. The molecule has 0 amide bonds. The third-order valence-corrected chi connectivity index (χ3v) is 6.65. The molecular formula is C26H20Cl2F3NO3.